The molecular formula is C27H30Cl2N8O2. The molecule has 2 fully saturated rings. The maximum Gasteiger partial charge on any atom is 0.315 e. The van der Waals surface area contributed by atoms with Crippen LogP contribution in [0.5, 0.6) is 0 Å². The summed E-state index contributed by atoms with van der Waals surface area (Å²) < 4.78 is 1.92. The van der Waals surface area contributed by atoms with E-state index in [0.29, 0.717) is 47.3 Å². The van der Waals surface area contributed by atoms with Gasteiger partial charge < -0.3 is 20.9 Å². The molecule has 39 heavy (non-hydrogen) atoms. The maximum absolute atomic E-state index is 13.0. The zero-order valence-electron chi connectivity index (χ0n) is 21.4. The first-order valence-corrected chi connectivity index (χ1v) is 14.1. The Labute approximate surface area is 236 Å². The highest BCUT2D eigenvalue weighted by molar-refractivity contribution is 6.42. The van der Waals surface area contributed by atoms with Crippen molar-refractivity contribution < 1.29 is 9.59 Å². The molecule has 3 amide bonds. The normalized spacial score (nSPS) is 19.4. The van der Waals surface area contributed by atoms with Gasteiger partial charge in [-0.05, 0) is 49.9 Å². The number of primary amides is 1. The number of anilines is 1. The van der Waals surface area contributed by atoms with E-state index in [1.165, 1.54) is 4.90 Å². The van der Waals surface area contributed by atoms with E-state index >= 15 is 0 Å². The third kappa shape index (κ3) is 5.15. The van der Waals surface area contributed by atoms with Crippen LogP contribution in [0.15, 0.2) is 30.5 Å². The lowest BCUT2D eigenvalue weighted by atomic mass is 10.0. The number of piperidine rings is 1. The van der Waals surface area contributed by atoms with Gasteiger partial charge in [-0.3, -0.25) is 9.36 Å². The number of hydrogen-bond acceptors (Lipinski definition) is 6. The van der Waals surface area contributed by atoms with Crippen LogP contribution in [-0.4, -0.2) is 60.4 Å². The van der Waals surface area contributed by atoms with E-state index in [1.807, 2.05) is 15.5 Å². The molecule has 1 saturated carbocycles. The van der Waals surface area contributed by atoms with E-state index in [2.05, 4.69) is 10.3 Å². The molecule has 1 atom stereocenters. The molecule has 1 aromatic carbocycles. The second-order valence-electron chi connectivity index (χ2n) is 10.5. The summed E-state index contributed by atoms with van der Waals surface area (Å²) in [6.07, 6.45) is 7.86. The number of aromatic nitrogens is 4. The predicted octanol–water partition coefficient (Wildman–Crippen LogP) is 4.62. The SMILES string of the molecule is NC(=O)N1Cc2nc(-c3ccc(Cl)c(Cl)c3)n(-c3ccnc(N[C@H]4CCCN(C(=O)C5CCCC5)C4)n3)c2C1. The summed E-state index contributed by atoms with van der Waals surface area (Å²) in [6, 6.07) is 6.71. The van der Waals surface area contributed by atoms with Crippen molar-refractivity contribution >= 4 is 41.1 Å². The first-order valence-electron chi connectivity index (χ1n) is 13.4. The summed E-state index contributed by atoms with van der Waals surface area (Å²) in [6.45, 7) is 2.08. The summed E-state index contributed by atoms with van der Waals surface area (Å²) >= 11 is 12.5. The Morgan fingerprint density at radius 1 is 0.974 bits per heavy atom. The number of carbonyl (C=O) groups excluding carboxylic acids is 2. The molecule has 6 rings (SSSR count). The number of nitrogens with two attached hydrogens (primary N) is 1. The number of benzene rings is 1. The van der Waals surface area contributed by atoms with Crippen molar-refractivity contribution in [3.8, 4) is 17.2 Å². The van der Waals surface area contributed by atoms with Gasteiger partial charge in [0, 0.05) is 36.8 Å². The average molecular weight is 569 g/mol. The summed E-state index contributed by atoms with van der Waals surface area (Å²) in [5.74, 6) is 2.17. The number of likely N-dealkylation sites (tertiary alicyclic amines) is 1. The van der Waals surface area contributed by atoms with Gasteiger partial charge in [-0.1, -0.05) is 36.0 Å². The number of urea groups is 1. The number of carbonyl (C=O) groups is 2. The monoisotopic (exact) mass is 568 g/mol. The number of rotatable bonds is 5. The van der Waals surface area contributed by atoms with Gasteiger partial charge in [0.15, 0.2) is 0 Å². The Hall–Kier alpha value is -3.37. The second-order valence-corrected chi connectivity index (χ2v) is 11.3. The zero-order chi connectivity index (χ0) is 27.1. The van der Waals surface area contributed by atoms with Gasteiger partial charge in [0.2, 0.25) is 11.9 Å². The molecule has 10 nitrogen and oxygen atoms in total. The van der Waals surface area contributed by atoms with Gasteiger partial charge in [-0.15, -0.1) is 0 Å². The number of nitrogens with zero attached hydrogens (tertiary/aromatic N) is 6. The maximum atomic E-state index is 13.0. The molecule has 0 radical (unpaired) electrons. The van der Waals surface area contributed by atoms with Gasteiger partial charge in [-0.2, -0.15) is 4.98 Å². The lowest BCUT2D eigenvalue weighted by Gasteiger charge is -2.34. The van der Waals surface area contributed by atoms with Crippen molar-refractivity contribution in [2.45, 2.75) is 57.7 Å². The molecule has 12 heteroatoms. The third-order valence-electron chi connectivity index (χ3n) is 7.87. The smallest absolute Gasteiger partial charge is 0.315 e. The Kier molecular flexibility index (Phi) is 7.07. The minimum absolute atomic E-state index is 0.0627. The van der Waals surface area contributed by atoms with Crippen LogP contribution in [-0.2, 0) is 17.9 Å². The van der Waals surface area contributed by atoms with Crippen molar-refractivity contribution in [1.82, 2.24) is 29.3 Å². The van der Waals surface area contributed by atoms with E-state index in [9.17, 15) is 9.59 Å². The number of hydrogen-bond donors (Lipinski definition) is 2. The highest BCUT2D eigenvalue weighted by atomic mass is 35.5. The van der Waals surface area contributed by atoms with Crippen LogP contribution in [0.3, 0.4) is 0 Å². The number of imidazole rings is 1. The van der Waals surface area contributed by atoms with Crippen LogP contribution in [0.1, 0.15) is 49.9 Å². The molecule has 1 aliphatic carbocycles. The van der Waals surface area contributed by atoms with E-state index in [0.717, 1.165) is 62.0 Å². The molecule has 4 heterocycles. The molecular weight excluding hydrogens is 539 g/mol. The number of halogens is 2. The largest absolute Gasteiger partial charge is 0.351 e. The van der Waals surface area contributed by atoms with Gasteiger partial charge in [-0.25, -0.2) is 14.8 Å². The zero-order valence-corrected chi connectivity index (χ0v) is 23.0. The molecule has 2 aromatic heterocycles. The highest BCUT2D eigenvalue weighted by Crippen LogP contribution is 2.34. The van der Waals surface area contributed by atoms with E-state index in [4.69, 9.17) is 38.9 Å². The highest BCUT2D eigenvalue weighted by Gasteiger charge is 2.32. The number of amides is 3. The Bertz CT molecular complexity index is 1420. The summed E-state index contributed by atoms with van der Waals surface area (Å²) in [7, 11) is 0. The second kappa shape index (κ2) is 10.7. The van der Waals surface area contributed by atoms with Crippen LogP contribution >= 0.6 is 23.2 Å². The Morgan fingerprint density at radius 3 is 2.56 bits per heavy atom. The third-order valence-corrected chi connectivity index (χ3v) is 8.61. The number of fused-ring (bicyclic) bond motifs is 1. The van der Waals surface area contributed by atoms with Crippen molar-refractivity contribution in [3.05, 3.63) is 51.9 Å². The van der Waals surface area contributed by atoms with E-state index in [1.54, 1.807) is 24.4 Å². The minimum Gasteiger partial charge on any atom is -0.351 e. The molecule has 0 bridgehead atoms. The van der Waals surface area contributed by atoms with Crippen LogP contribution in [0.25, 0.3) is 17.2 Å². The summed E-state index contributed by atoms with van der Waals surface area (Å²) in [5.41, 5.74) is 7.91. The molecule has 1 saturated heterocycles. The first-order chi connectivity index (χ1) is 18.9. The molecule has 3 aliphatic rings. The molecule has 2 aliphatic heterocycles. The fraction of sp³-hybridized carbons (Fsp3) is 0.444. The summed E-state index contributed by atoms with van der Waals surface area (Å²) in [5, 5.41) is 4.33. The van der Waals surface area contributed by atoms with Gasteiger partial charge in [0.05, 0.1) is 34.5 Å². The average Bonchev–Trinajstić information content (AvgIpc) is 3.67. The van der Waals surface area contributed by atoms with Gasteiger partial charge in [0.1, 0.15) is 11.6 Å². The molecule has 3 N–H and O–H groups in total. The van der Waals surface area contributed by atoms with Crippen molar-refractivity contribution in [1.29, 1.82) is 0 Å². The molecule has 0 spiro atoms. The van der Waals surface area contributed by atoms with E-state index in [-0.39, 0.29) is 17.9 Å². The quantitative estimate of drug-likeness (QED) is 0.462. The molecule has 0 unspecified atom stereocenters. The van der Waals surface area contributed by atoms with E-state index < -0.39 is 6.03 Å². The van der Waals surface area contributed by atoms with Crippen LogP contribution in [0.4, 0.5) is 10.7 Å². The molecule has 204 valence electrons. The van der Waals surface area contributed by atoms with Crippen LogP contribution < -0.4 is 11.1 Å². The minimum atomic E-state index is -0.505. The predicted molar refractivity (Wildman–Crippen MR) is 149 cm³/mol. The van der Waals surface area contributed by atoms with Crippen molar-refractivity contribution in [2.75, 3.05) is 18.4 Å². The topological polar surface area (TPSA) is 122 Å². The lowest BCUT2D eigenvalue weighted by Crippen LogP contribution is -2.47. The van der Waals surface area contributed by atoms with Gasteiger partial charge in [0.25, 0.3) is 0 Å². The Morgan fingerprint density at radius 2 is 1.79 bits per heavy atom. The fourth-order valence-corrected chi connectivity index (χ4v) is 6.19. The van der Waals surface area contributed by atoms with Crippen LogP contribution in [0, 0.1) is 5.92 Å². The first kappa shape index (κ1) is 25.9. The Balaban J connectivity index is 1.29. The van der Waals surface area contributed by atoms with Gasteiger partial charge >= 0.3 is 6.03 Å². The fourth-order valence-electron chi connectivity index (χ4n) is 5.89. The van der Waals surface area contributed by atoms with Crippen molar-refractivity contribution in [2.24, 2.45) is 11.7 Å². The van der Waals surface area contributed by atoms with Crippen molar-refractivity contribution in [3.63, 3.8) is 0 Å². The summed E-state index contributed by atoms with van der Waals surface area (Å²) in [4.78, 5) is 42.6. The molecule has 3 aromatic rings. The lowest BCUT2D eigenvalue weighted by molar-refractivity contribution is -0.136. The standard InChI is InChI=1S/C27H30Cl2N8O2/c28-19-8-7-17(12-20(19)29)24-33-21-14-36(26(30)39)15-22(21)37(24)23-9-10-31-27(34-23)32-18-6-3-11-35(13-18)25(38)16-4-1-2-5-16/h7-10,12,16,18H,1-6,11,13-15H2,(H2,30,39)(H,31,32,34)/t18-/m0/s1. The number of nitrogens with one attached hydrogen (secondary N) is 1. The van der Waals surface area contributed by atoms with Crippen LogP contribution in [0.2, 0.25) is 10.0 Å².